The minimum Gasteiger partial charge on any atom is -0.292 e. The molecule has 3 nitrogen and oxygen atoms in total. The molecule has 1 fully saturated rings. The molecule has 1 aromatic rings. The highest BCUT2D eigenvalue weighted by atomic mass is 16.2. The molecular formula is C12H11NO2. The van der Waals surface area contributed by atoms with Gasteiger partial charge in [-0.3, -0.25) is 14.9 Å². The fraction of sp³-hybridized carbons (Fsp3) is 0.167. The summed E-state index contributed by atoms with van der Waals surface area (Å²) in [5, 5.41) is 2.26. The van der Waals surface area contributed by atoms with Gasteiger partial charge in [0.2, 0.25) is 5.91 Å². The molecule has 2 amide bonds. The van der Waals surface area contributed by atoms with E-state index in [4.69, 9.17) is 0 Å². The van der Waals surface area contributed by atoms with E-state index in [1.165, 1.54) is 0 Å². The molecule has 1 aromatic carbocycles. The van der Waals surface area contributed by atoms with E-state index in [9.17, 15) is 9.59 Å². The molecule has 1 aliphatic rings. The van der Waals surface area contributed by atoms with Crippen molar-refractivity contribution in [2.75, 3.05) is 0 Å². The van der Waals surface area contributed by atoms with Crippen molar-refractivity contribution >= 4 is 17.9 Å². The standard InChI is InChI=1S/C12H11NO2/c1-8-4-2-3-5-9(8)6-10-7-11(14)13-12(10)15/h2-6H,7H2,1H3,(H,13,14,15)/b10-6+. The smallest absolute Gasteiger partial charge is 0.254 e. The van der Waals surface area contributed by atoms with E-state index >= 15 is 0 Å². The van der Waals surface area contributed by atoms with Crippen molar-refractivity contribution in [2.45, 2.75) is 13.3 Å². The van der Waals surface area contributed by atoms with Crippen LogP contribution >= 0.6 is 0 Å². The van der Waals surface area contributed by atoms with Crippen molar-refractivity contribution in [1.29, 1.82) is 0 Å². The Bertz CT molecular complexity index is 460. The van der Waals surface area contributed by atoms with Crippen LogP contribution in [-0.4, -0.2) is 11.8 Å². The Kier molecular flexibility index (Phi) is 2.37. The van der Waals surface area contributed by atoms with E-state index in [-0.39, 0.29) is 18.2 Å². The number of nitrogens with one attached hydrogen (secondary N) is 1. The lowest BCUT2D eigenvalue weighted by molar-refractivity contribution is -0.124. The maximum Gasteiger partial charge on any atom is 0.254 e. The molecule has 0 radical (unpaired) electrons. The first-order chi connectivity index (χ1) is 7.16. The van der Waals surface area contributed by atoms with Gasteiger partial charge in [0.05, 0.1) is 6.42 Å². The molecule has 0 atom stereocenters. The average molecular weight is 201 g/mol. The quantitative estimate of drug-likeness (QED) is 0.551. The first-order valence-corrected chi connectivity index (χ1v) is 4.77. The third-order valence-corrected chi connectivity index (χ3v) is 2.41. The third-order valence-electron chi connectivity index (χ3n) is 2.41. The lowest BCUT2D eigenvalue weighted by atomic mass is 10.1. The fourth-order valence-corrected chi connectivity index (χ4v) is 1.56. The van der Waals surface area contributed by atoms with Crippen molar-refractivity contribution in [3.63, 3.8) is 0 Å². The van der Waals surface area contributed by atoms with Gasteiger partial charge in [-0.25, -0.2) is 0 Å². The average Bonchev–Trinajstić information content (AvgIpc) is 2.49. The predicted molar refractivity (Wildman–Crippen MR) is 56.9 cm³/mol. The summed E-state index contributed by atoms with van der Waals surface area (Å²) >= 11 is 0. The Hall–Kier alpha value is -1.90. The molecule has 0 unspecified atom stereocenters. The number of imide groups is 1. The number of amides is 2. The summed E-state index contributed by atoms with van der Waals surface area (Å²) in [5.74, 6) is -0.497. The van der Waals surface area contributed by atoms with Crippen LogP contribution in [0, 0.1) is 6.92 Å². The number of hydrogen-bond acceptors (Lipinski definition) is 2. The molecule has 0 bridgehead atoms. The van der Waals surface area contributed by atoms with Crippen LogP contribution in [0.1, 0.15) is 17.5 Å². The summed E-state index contributed by atoms with van der Waals surface area (Å²) in [6, 6.07) is 7.75. The molecule has 1 saturated heterocycles. The second-order valence-corrected chi connectivity index (χ2v) is 3.58. The van der Waals surface area contributed by atoms with E-state index in [0.717, 1.165) is 11.1 Å². The maximum absolute atomic E-state index is 11.3. The van der Waals surface area contributed by atoms with Gasteiger partial charge in [-0.05, 0) is 24.1 Å². The van der Waals surface area contributed by atoms with Crippen molar-refractivity contribution in [1.82, 2.24) is 5.32 Å². The molecule has 1 heterocycles. The van der Waals surface area contributed by atoms with E-state index in [0.29, 0.717) is 5.57 Å². The number of carbonyl (C=O) groups excluding carboxylic acids is 2. The normalized spacial score (nSPS) is 18.3. The molecule has 15 heavy (non-hydrogen) atoms. The largest absolute Gasteiger partial charge is 0.292 e. The summed E-state index contributed by atoms with van der Waals surface area (Å²) in [4.78, 5) is 22.3. The Morgan fingerprint density at radius 3 is 2.60 bits per heavy atom. The fourth-order valence-electron chi connectivity index (χ4n) is 1.56. The second kappa shape index (κ2) is 3.69. The lowest BCUT2D eigenvalue weighted by Crippen LogP contribution is -2.19. The summed E-state index contributed by atoms with van der Waals surface area (Å²) in [6.45, 7) is 1.97. The molecule has 0 spiro atoms. The highest BCUT2D eigenvalue weighted by molar-refractivity contribution is 6.15. The Morgan fingerprint density at radius 1 is 1.27 bits per heavy atom. The Balaban J connectivity index is 2.35. The van der Waals surface area contributed by atoms with Gasteiger partial charge in [-0.2, -0.15) is 0 Å². The Morgan fingerprint density at radius 2 is 2.00 bits per heavy atom. The SMILES string of the molecule is Cc1ccccc1/C=C1\CC(=O)NC1=O. The lowest BCUT2D eigenvalue weighted by Gasteiger charge is -1.99. The van der Waals surface area contributed by atoms with Gasteiger partial charge in [0, 0.05) is 5.57 Å². The summed E-state index contributed by atoms with van der Waals surface area (Å²) in [5.41, 5.74) is 2.61. The molecule has 0 aliphatic carbocycles. The molecule has 0 aromatic heterocycles. The van der Waals surface area contributed by atoms with Gasteiger partial charge in [-0.1, -0.05) is 24.3 Å². The van der Waals surface area contributed by atoms with Gasteiger partial charge in [0.1, 0.15) is 0 Å². The minimum absolute atomic E-state index is 0.188. The maximum atomic E-state index is 11.3. The zero-order chi connectivity index (χ0) is 10.8. The number of carbonyl (C=O) groups is 2. The molecule has 1 aliphatic heterocycles. The van der Waals surface area contributed by atoms with Crippen LogP contribution in [0.25, 0.3) is 6.08 Å². The van der Waals surface area contributed by atoms with Gasteiger partial charge in [-0.15, -0.1) is 0 Å². The first-order valence-electron chi connectivity index (χ1n) is 4.77. The van der Waals surface area contributed by atoms with Gasteiger partial charge in [0.25, 0.3) is 5.91 Å². The van der Waals surface area contributed by atoms with Crippen LogP contribution in [0.5, 0.6) is 0 Å². The van der Waals surface area contributed by atoms with Crippen molar-refractivity contribution in [3.8, 4) is 0 Å². The second-order valence-electron chi connectivity index (χ2n) is 3.58. The number of hydrogen-bond donors (Lipinski definition) is 1. The molecular weight excluding hydrogens is 190 g/mol. The van der Waals surface area contributed by atoms with E-state index in [1.807, 2.05) is 31.2 Å². The van der Waals surface area contributed by atoms with Crippen molar-refractivity contribution in [3.05, 3.63) is 41.0 Å². The molecule has 0 saturated carbocycles. The summed E-state index contributed by atoms with van der Waals surface area (Å²) in [7, 11) is 0. The van der Waals surface area contributed by atoms with Crippen LogP contribution in [0.15, 0.2) is 29.8 Å². The first kappa shape index (κ1) is 9.65. The van der Waals surface area contributed by atoms with E-state index < -0.39 is 0 Å². The van der Waals surface area contributed by atoms with Crippen LogP contribution in [0.3, 0.4) is 0 Å². The minimum atomic E-state index is -0.275. The molecule has 2 rings (SSSR count). The van der Waals surface area contributed by atoms with Crippen molar-refractivity contribution < 1.29 is 9.59 Å². The zero-order valence-corrected chi connectivity index (χ0v) is 8.41. The molecule has 3 heteroatoms. The van der Waals surface area contributed by atoms with Crippen LogP contribution in [0.2, 0.25) is 0 Å². The number of rotatable bonds is 1. The highest BCUT2D eigenvalue weighted by Gasteiger charge is 2.23. The van der Waals surface area contributed by atoms with Gasteiger partial charge in [0.15, 0.2) is 0 Å². The summed E-state index contributed by atoms with van der Waals surface area (Å²) < 4.78 is 0. The van der Waals surface area contributed by atoms with Gasteiger partial charge >= 0.3 is 0 Å². The van der Waals surface area contributed by atoms with Crippen LogP contribution in [0.4, 0.5) is 0 Å². The van der Waals surface area contributed by atoms with Crippen molar-refractivity contribution in [2.24, 2.45) is 0 Å². The number of benzene rings is 1. The molecule has 76 valence electrons. The topological polar surface area (TPSA) is 46.2 Å². The zero-order valence-electron chi connectivity index (χ0n) is 8.41. The third kappa shape index (κ3) is 1.96. The Labute approximate surface area is 87.8 Å². The highest BCUT2D eigenvalue weighted by Crippen LogP contribution is 2.16. The monoisotopic (exact) mass is 201 g/mol. The van der Waals surface area contributed by atoms with Crippen LogP contribution in [-0.2, 0) is 9.59 Å². The molecule has 1 N–H and O–H groups in total. The summed E-state index contributed by atoms with van der Waals surface area (Å²) in [6.07, 6.45) is 1.96. The van der Waals surface area contributed by atoms with E-state index in [2.05, 4.69) is 5.32 Å². The van der Waals surface area contributed by atoms with Crippen LogP contribution < -0.4 is 5.32 Å². The van der Waals surface area contributed by atoms with E-state index in [1.54, 1.807) is 6.08 Å². The van der Waals surface area contributed by atoms with Gasteiger partial charge < -0.3 is 0 Å². The number of aryl methyl sites for hydroxylation is 1. The predicted octanol–water partition coefficient (Wildman–Crippen LogP) is 1.42.